The highest BCUT2D eigenvalue weighted by molar-refractivity contribution is 7.08. The molecule has 2 heterocycles. The van der Waals surface area contributed by atoms with Crippen LogP contribution >= 0.6 is 11.3 Å². The Morgan fingerprint density at radius 1 is 1.36 bits per heavy atom. The Labute approximate surface area is 150 Å². The van der Waals surface area contributed by atoms with Gasteiger partial charge in [0.25, 0.3) is 0 Å². The summed E-state index contributed by atoms with van der Waals surface area (Å²) in [6, 6.07) is 7.70. The van der Waals surface area contributed by atoms with Crippen LogP contribution < -0.4 is 4.74 Å². The van der Waals surface area contributed by atoms with E-state index in [1.54, 1.807) is 17.4 Å². The van der Waals surface area contributed by atoms with Gasteiger partial charge in [0.05, 0.1) is 25.4 Å². The topological polar surface area (TPSA) is 79.2 Å². The number of nitrogens with zero attached hydrogens (tertiary/aromatic N) is 1. The van der Waals surface area contributed by atoms with Crippen LogP contribution in [0.5, 0.6) is 5.75 Å². The second kappa shape index (κ2) is 7.97. The Morgan fingerprint density at radius 3 is 2.84 bits per heavy atom. The van der Waals surface area contributed by atoms with Gasteiger partial charge in [-0.25, -0.2) is 4.79 Å². The zero-order valence-corrected chi connectivity index (χ0v) is 14.7. The van der Waals surface area contributed by atoms with Gasteiger partial charge in [-0.2, -0.15) is 11.3 Å². The van der Waals surface area contributed by atoms with Crippen molar-refractivity contribution in [3.63, 3.8) is 0 Å². The highest BCUT2D eigenvalue weighted by Gasteiger charge is 2.30. The molecular formula is C18H21NO5S. The van der Waals surface area contributed by atoms with Gasteiger partial charge in [0.2, 0.25) is 0 Å². The number of ether oxygens (including phenoxy) is 2. The first kappa shape index (κ1) is 17.9. The molecule has 134 valence electrons. The molecular weight excluding hydrogens is 342 g/mol. The predicted octanol–water partition coefficient (Wildman–Crippen LogP) is 2.07. The van der Waals surface area contributed by atoms with E-state index in [-0.39, 0.29) is 12.6 Å². The third-order valence-corrected chi connectivity index (χ3v) is 4.96. The van der Waals surface area contributed by atoms with Crippen LogP contribution in [0.25, 0.3) is 11.1 Å². The van der Waals surface area contributed by atoms with Gasteiger partial charge in [0.15, 0.2) is 6.61 Å². The molecule has 1 aromatic carbocycles. The van der Waals surface area contributed by atoms with Gasteiger partial charge in [0.1, 0.15) is 5.75 Å². The third-order valence-electron chi connectivity index (χ3n) is 4.27. The fourth-order valence-corrected chi connectivity index (χ4v) is 3.60. The van der Waals surface area contributed by atoms with Crippen molar-refractivity contribution in [2.24, 2.45) is 0 Å². The predicted molar refractivity (Wildman–Crippen MR) is 95.0 cm³/mol. The van der Waals surface area contributed by atoms with Gasteiger partial charge in [-0.3, -0.25) is 4.90 Å². The Balaban J connectivity index is 1.84. The minimum absolute atomic E-state index is 0.0860. The quantitative estimate of drug-likeness (QED) is 0.784. The first-order chi connectivity index (χ1) is 12.0. The van der Waals surface area contributed by atoms with Gasteiger partial charge in [-0.1, -0.05) is 6.07 Å². The number of carboxylic acid groups (broad SMARTS) is 1. The number of likely N-dealkylation sites (N-methyl/N-ethyl adjacent to an activating group) is 1. The smallest absolute Gasteiger partial charge is 0.341 e. The fraction of sp³-hybridized carbons (Fsp3) is 0.389. The van der Waals surface area contributed by atoms with E-state index in [9.17, 15) is 9.90 Å². The molecule has 0 unspecified atom stereocenters. The molecule has 0 bridgehead atoms. The van der Waals surface area contributed by atoms with Crippen LogP contribution in [0.3, 0.4) is 0 Å². The minimum Gasteiger partial charge on any atom is -0.482 e. The normalized spacial score (nSPS) is 20.1. The molecule has 7 heteroatoms. The second-order valence-electron chi connectivity index (χ2n) is 6.10. The van der Waals surface area contributed by atoms with E-state index < -0.39 is 12.1 Å². The molecule has 2 aromatic rings. The van der Waals surface area contributed by atoms with Crippen molar-refractivity contribution in [1.82, 2.24) is 4.90 Å². The summed E-state index contributed by atoms with van der Waals surface area (Å²) in [5.74, 6) is -0.470. The van der Waals surface area contributed by atoms with Crippen LogP contribution in [0.4, 0.5) is 0 Å². The number of thiophene rings is 1. The molecule has 1 saturated heterocycles. The zero-order chi connectivity index (χ0) is 17.8. The molecule has 3 rings (SSSR count). The van der Waals surface area contributed by atoms with E-state index >= 15 is 0 Å². The highest BCUT2D eigenvalue weighted by Crippen LogP contribution is 2.29. The van der Waals surface area contributed by atoms with E-state index in [0.717, 1.165) is 16.7 Å². The summed E-state index contributed by atoms with van der Waals surface area (Å²) in [5.41, 5.74) is 3.05. The number of aliphatic hydroxyl groups excluding tert-OH is 1. The Morgan fingerprint density at radius 2 is 2.20 bits per heavy atom. The highest BCUT2D eigenvalue weighted by atomic mass is 32.1. The standard InChI is InChI=1S/C18H21NO5S/c1-19(15-8-23-9-16(15)20)7-14-6-12(13-4-5-25-11-13)2-3-17(14)24-10-18(21)22/h2-6,11,15-16,20H,7-10H2,1H3,(H,21,22)/t15-,16-/m1/s1. The van der Waals surface area contributed by atoms with E-state index in [1.165, 1.54) is 0 Å². The summed E-state index contributed by atoms with van der Waals surface area (Å²) in [7, 11) is 1.92. The molecule has 2 N–H and O–H groups in total. The Kier molecular flexibility index (Phi) is 5.70. The number of carboxylic acids is 1. The van der Waals surface area contributed by atoms with Crippen molar-refractivity contribution < 1.29 is 24.5 Å². The molecule has 1 aliphatic rings. The van der Waals surface area contributed by atoms with Crippen LogP contribution in [0.1, 0.15) is 5.56 Å². The number of carbonyl (C=O) groups is 1. The summed E-state index contributed by atoms with van der Waals surface area (Å²) in [6.45, 7) is 0.960. The van der Waals surface area contributed by atoms with Crippen LogP contribution in [-0.4, -0.2) is 60.1 Å². The number of aliphatic hydroxyl groups is 1. The van der Waals surface area contributed by atoms with Crippen molar-refractivity contribution >= 4 is 17.3 Å². The van der Waals surface area contributed by atoms with Crippen molar-refractivity contribution in [1.29, 1.82) is 0 Å². The Bertz CT molecular complexity index is 718. The number of rotatable bonds is 7. The van der Waals surface area contributed by atoms with Crippen LogP contribution in [0, 0.1) is 0 Å². The number of aliphatic carboxylic acids is 1. The Hall–Kier alpha value is -1.93. The van der Waals surface area contributed by atoms with Gasteiger partial charge in [0, 0.05) is 12.1 Å². The van der Waals surface area contributed by atoms with Crippen LogP contribution in [0.2, 0.25) is 0 Å². The summed E-state index contributed by atoms with van der Waals surface area (Å²) >= 11 is 1.62. The second-order valence-corrected chi connectivity index (χ2v) is 6.88. The van der Waals surface area contributed by atoms with Crippen molar-refractivity contribution in [2.45, 2.75) is 18.7 Å². The molecule has 0 saturated carbocycles. The molecule has 25 heavy (non-hydrogen) atoms. The molecule has 0 radical (unpaired) electrons. The summed E-state index contributed by atoms with van der Waals surface area (Å²) in [6.07, 6.45) is -0.520. The molecule has 1 aliphatic heterocycles. The lowest BCUT2D eigenvalue weighted by Gasteiger charge is -2.26. The largest absolute Gasteiger partial charge is 0.482 e. The van der Waals surface area contributed by atoms with Crippen molar-refractivity contribution in [2.75, 3.05) is 26.9 Å². The third kappa shape index (κ3) is 4.38. The van der Waals surface area contributed by atoms with E-state index in [0.29, 0.717) is 25.5 Å². The number of hydrogen-bond donors (Lipinski definition) is 2. The van der Waals surface area contributed by atoms with Crippen LogP contribution in [0.15, 0.2) is 35.0 Å². The van der Waals surface area contributed by atoms with E-state index in [1.807, 2.05) is 35.5 Å². The molecule has 6 nitrogen and oxygen atoms in total. The molecule has 0 aliphatic carbocycles. The first-order valence-electron chi connectivity index (χ1n) is 8.00. The molecule has 1 fully saturated rings. The first-order valence-corrected chi connectivity index (χ1v) is 8.95. The molecule has 0 amide bonds. The van der Waals surface area contributed by atoms with Gasteiger partial charge < -0.3 is 19.7 Å². The molecule has 0 spiro atoms. The molecule has 1 aromatic heterocycles. The lowest BCUT2D eigenvalue weighted by molar-refractivity contribution is -0.139. The summed E-state index contributed by atoms with van der Waals surface area (Å²) in [4.78, 5) is 12.8. The number of hydrogen-bond acceptors (Lipinski definition) is 6. The molecule has 2 atom stereocenters. The maximum atomic E-state index is 10.8. The van der Waals surface area contributed by atoms with Crippen LogP contribution in [-0.2, 0) is 16.1 Å². The number of benzene rings is 1. The average Bonchev–Trinajstić information content (AvgIpc) is 3.24. The van der Waals surface area contributed by atoms with Gasteiger partial charge in [-0.05, 0) is 47.1 Å². The summed E-state index contributed by atoms with van der Waals surface area (Å²) in [5, 5.41) is 23.0. The van der Waals surface area contributed by atoms with Crippen molar-refractivity contribution in [3.8, 4) is 16.9 Å². The summed E-state index contributed by atoms with van der Waals surface area (Å²) < 4.78 is 10.8. The lowest BCUT2D eigenvalue weighted by atomic mass is 10.0. The van der Waals surface area contributed by atoms with E-state index in [2.05, 4.69) is 5.38 Å². The van der Waals surface area contributed by atoms with Crippen molar-refractivity contribution in [3.05, 3.63) is 40.6 Å². The van der Waals surface area contributed by atoms with E-state index in [4.69, 9.17) is 14.6 Å². The average molecular weight is 363 g/mol. The SMILES string of the molecule is CN(Cc1cc(-c2ccsc2)ccc1OCC(=O)O)[C@@H]1COC[C@H]1O. The lowest BCUT2D eigenvalue weighted by Crippen LogP contribution is -2.40. The monoisotopic (exact) mass is 363 g/mol. The van der Waals surface area contributed by atoms with Gasteiger partial charge >= 0.3 is 5.97 Å². The van der Waals surface area contributed by atoms with Gasteiger partial charge in [-0.15, -0.1) is 0 Å². The zero-order valence-electron chi connectivity index (χ0n) is 13.9. The maximum absolute atomic E-state index is 10.8. The minimum atomic E-state index is -1.01. The maximum Gasteiger partial charge on any atom is 0.341 e. The fourth-order valence-electron chi connectivity index (χ4n) is 2.93.